The highest BCUT2D eigenvalue weighted by Gasteiger charge is 2.41. The molecule has 1 atom stereocenters. The summed E-state index contributed by atoms with van der Waals surface area (Å²) in [4.78, 5) is 0. The smallest absolute Gasteiger partial charge is 0.131 e. The van der Waals surface area contributed by atoms with Crippen molar-refractivity contribution >= 4 is 0 Å². The molecule has 0 aliphatic heterocycles. The topological polar surface area (TPSA) is 21.3 Å². The van der Waals surface area contributed by atoms with Gasteiger partial charge in [0.2, 0.25) is 0 Å². The van der Waals surface area contributed by atoms with Crippen LogP contribution >= 0.6 is 0 Å². The van der Waals surface area contributed by atoms with Crippen LogP contribution in [0.4, 0.5) is 8.78 Å². The van der Waals surface area contributed by atoms with E-state index in [0.717, 1.165) is 38.5 Å². The zero-order valence-corrected chi connectivity index (χ0v) is 12.2. The molecule has 112 valence electrons. The number of ether oxygens (including phenoxy) is 1. The van der Waals surface area contributed by atoms with Crippen LogP contribution in [-0.4, -0.2) is 19.8 Å². The molecule has 1 saturated carbocycles. The van der Waals surface area contributed by atoms with Gasteiger partial charge in [0, 0.05) is 12.7 Å². The predicted molar refractivity (Wildman–Crippen MR) is 75.6 cm³/mol. The molecule has 0 radical (unpaired) electrons. The maximum Gasteiger partial charge on any atom is 0.131 e. The number of hydrogen-bond acceptors (Lipinski definition) is 2. The zero-order chi connectivity index (χ0) is 14.6. The van der Waals surface area contributed by atoms with Gasteiger partial charge >= 0.3 is 0 Å². The molecular weight excluding hydrogens is 260 g/mol. The van der Waals surface area contributed by atoms with E-state index in [1.807, 2.05) is 0 Å². The molecule has 0 heterocycles. The Morgan fingerprint density at radius 1 is 1.10 bits per heavy atom. The summed E-state index contributed by atoms with van der Waals surface area (Å²) < 4.78 is 34.0. The molecular formula is C16H23F2NO. The van der Waals surface area contributed by atoms with Gasteiger partial charge in [-0.25, -0.2) is 8.78 Å². The van der Waals surface area contributed by atoms with Crippen molar-refractivity contribution < 1.29 is 13.5 Å². The predicted octanol–water partition coefficient (Wildman–Crippen LogP) is 3.96. The monoisotopic (exact) mass is 283 g/mol. The number of methoxy groups -OCH3 is 1. The summed E-state index contributed by atoms with van der Waals surface area (Å²) in [6.45, 7) is 0. The molecule has 0 saturated heterocycles. The highest BCUT2D eigenvalue weighted by atomic mass is 19.1. The first-order valence-corrected chi connectivity index (χ1v) is 7.31. The molecule has 1 aliphatic rings. The van der Waals surface area contributed by atoms with Crippen molar-refractivity contribution in [2.75, 3.05) is 14.2 Å². The van der Waals surface area contributed by atoms with E-state index in [0.29, 0.717) is 0 Å². The van der Waals surface area contributed by atoms with Gasteiger partial charge in [0.05, 0.1) is 11.6 Å². The van der Waals surface area contributed by atoms with Crippen molar-refractivity contribution in [1.82, 2.24) is 5.32 Å². The maximum atomic E-state index is 14.1. The third kappa shape index (κ3) is 2.86. The minimum absolute atomic E-state index is 0.0961. The van der Waals surface area contributed by atoms with Crippen molar-refractivity contribution in [2.45, 2.75) is 50.2 Å². The fourth-order valence-corrected chi connectivity index (χ4v) is 3.39. The second-order valence-electron chi connectivity index (χ2n) is 5.54. The van der Waals surface area contributed by atoms with Crippen LogP contribution in [0.15, 0.2) is 18.2 Å². The van der Waals surface area contributed by atoms with Crippen LogP contribution in [0.3, 0.4) is 0 Å². The summed E-state index contributed by atoms with van der Waals surface area (Å²) in [5.74, 6) is -1.02. The third-order valence-corrected chi connectivity index (χ3v) is 4.46. The van der Waals surface area contributed by atoms with Crippen LogP contribution in [0.25, 0.3) is 0 Å². The second-order valence-corrected chi connectivity index (χ2v) is 5.54. The first kappa shape index (κ1) is 15.4. The van der Waals surface area contributed by atoms with Crippen molar-refractivity contribution in [3.8, 4) is 0 Å². The third-order valence-electron chi connectivity index (χ3n) is 4.46. The molecule has 1 fully saturated rings. The molecule has 1 N–H and O–H groups in total. The molecule has 2 nitrogen and oxygen atoms in total. The normalized spacial score (nSPS) is 20.4. The van der Waals surface area contributed by atoms with E-state index < -0.39 is 23.3 Å². The van der Waals surface area contributed by atoms with Gasteiger partial charge in [-0.15, -0.1) is 0 Å². The van der Waals surface area contributed by atoms with Crippen LogP contribution in [0.5, 0.6) is 0 Å². The van der Waals surface area contributed by atoms with Gasteiger partial charge in [-0.2, -0.15) is 0 Å². The Hall–Kier alpha value is -1.00. The fourth-order valence-electron chi connectivity index (χ4n) is 3.39. The first-order valence-electron chi connectivity index (χ1n) is 7.31. The SMILES string of the molecule is CNC(c1c(F)cccc1F)C1(OC)CCCCCC1. The number of nitrogens with one attached hydrogen (secondary N) is 1. The largest absolute Gasteiger partial charge is 0.376 e. The molecule has 0 spiro atoms. The number of likely N-dealkylation sites (N-methyl/N-ethyl adjacent to an activating group) is 1. The van der Waals surface area contributed by atoms with Crippen LogP contribution in [0.2, 0.25) is 0 Å². The average molecular weight is 283 g/mol. The van der Waals surface area contributed by atoms with Crippen LogP contribution < -0.4 is 5.32 Å². The van der Waals surface area contributed by atoms with E-state index in [2.05, 4.69) is 5.32 Å². The van der Waals surface area contributed by atoms with Crippen molar-refractivity contribution in [1.29, 1.82) is 0 Å². The van der Waals surface area contributed by atoms with E-state index in [1.165, 1.54) is 18.2 Å². The number of halogens is 2. The van der Waals surface area contributed by atoms with E-state index in [-0.39, 0.29) is 5.56 Å². The Bertz CT molecular complexity index is 422. The Kier molecular flexibility index (Phi) is 5.11. The van der Waals surface area contributed by atoms with Gasteiger partial charge in [-0.1, -0.05) is 31.7 Å². The highest BCUT2D eigenvalue weighted by Crippen LogP contribution is 2.41. The van der Waals surface area contributed by atoms with E-state index in [1.54, 1.807) is 14.2 Å². The molecule has 4 heteroatoms. The summed E-state index contributed by atoms with van der Waals surface area (Å²) >= 11 is 0. The fraction of sp³-hybridized carbons (Fsp3) is 0.625. The van der Waals surface area contributed by atoms with Gasteiger partial charge < -0.3 is 10.1 Å². The van der Waals surface area contributed by atoms with Crippen molar-refractivity contribution in [3.05, 3.63) is 35.4 Å². The van der Waals surface area contributed by atoms with E-state index in [9.17, 15) is 8.78 Å². The number of hydrogen-bond donors (Lipinski definition) is 1. The van der Waals surface area contributed by atoms with Crippen LogP contribution in [0.1, 0.15) is 50.1 Å². The molecule has 1 unspecified atom stereocenters. The lowest BCUT2D eigenvalue weighted by molar-refractivity contribution is -0.0539. The quantitative estimate of drug-likeness (QED) is 0.844. The van der Waals surface area contributed by atoms with Gasteiger partial charge in [-0.05, 0) is 32.0 Å². The highest BCUT2D eigenvalue weighted by molar-refractivity contribution is 5.26. The second kappa shape index (κ2) is 6.64. The molecule has 2 rings (SSSR count). The number of benzene rings is 1. The van der Waals surface area contributed by atoms with Crippen LogP contribution in [0, 0.1) is 11.6 Å². The summed E-state index contributed by atoms with van der Waals surface area (Å²) in [5.41, 5.74) is -0.437. The van der Waals surface area contributed by atoms with Gasteiger partial charge in [-0.3, -0.25) is 0 Å². The molecule has 1 aliphatic carbocycles. The van der Waals surface area contributed by atoms with Crippen LogP contribution in [-0.2, 0) is 4.74 Å². The van der Waals surface area contributed by atoms with E-state index >= 15 is 0 Å². The summed E-state index contributed by atoms with van der Waals surface area (Å²) in [6.07, 6.45) is 6.01. The molecule has 0 amide bonds. The zero-order valence-electron chi connectivity index (χ0n) is 12.2. The molecule has 1 aromatic carbocycles. The molecule has 0 bridgehead atoms. The lowest BCUT2D eigenvalue weighted by atomic mass is 9.81. The molecule has 1 aromatic rings. The lowest BCUT2D eigenvalue weighted by Crippen LogP contribution is -2.45. The summed E-state index contributed by atoms with van der Waals surface area (Å²) in [5, 5.41) is 3.08. The molecule has 20 heavy (non-hydrogen) atoms. The Labute approximate surface area is 119 Å². The summed E-state index contributed by atoms with van der Waals surface area (Å²) in [7, 11) is 3.39. The first-order chi connectivity index (χ1) is 9.64. The number of rotatable bonds is 4. The Morgan fingerprint density at radius 3 is 2.10 bits per heavy atom. The maximum absolute atomic E-state index is 14.1. The standard InChI is InChI=1S/C16H23F2NO/c1-19-15(14-12(17)8-7-9-13(14)18)16(20-2)10-5-3-4-6-11-16/h7-9,15,19H,3-6,10-11H2,1-2H3. The van der Waals surface area contributed by atoms with Crippen molar-refractivity contribution in [2.24, 2.45) is 0 Å². The van der Waals surface area contributed by atoms with Gasteiger partial charge in [0.15, 0.2) is 0 Å². The minimum Gasteiger partial charge on any atom is -0.376 e. The van der Waals surface area contributed by atoms with Gasteiger partial charge in [0.1, 0.15) is 11.6 Å². The van der Waals surface area contributed by atoms with Gasteiger partial charge in [0.25, 0.3) is 0 Å². The molecule has 0 aromatic heterocycles. The van der Waals surface area contributed by atoms with E-state index in [4.69, 9.17) is 4.74 Å². The summed E-state index contributed by atoms with van der Waals surface area (Å²) in [6, 6.07) is 3.55. The Morgan fingerprint density at radius 2 is 1.65 bits per heavy atom. The lowest BCUT2D eigenvalue weighted by Gasteiger charge is -2.39. The minimum atomic E-state index is -0.533. The Balaban J connectivity index is 2.43. The average Bonchev–Trinajstić information content (AvgIpc) is 2.69. The van der Waals surface area contributed by atoms with Crippen molar-refractivity contribution in [3.63, 3.8) is 0 Å².